The predicted molar refractivity (Wildman–Crippen MR) is 90.7 cm³/mol. The van der Waals surface area contributed by atoms with Gasteiger partial charge in [-0.2, -0.15) is 0 Å². The maximum Gasteiger partial charge on any atom is 0.338 e. The number of carbonyl (C=O) groups is 2. The average molecular weight is 341 g/mol. The number of amides is 1. The number of rotatable bonds is 6. The van der Waals surface area contributed by atoms with Gasteiger partial charge < -0.3 is 19.5 Å². The van der Waals surface area contributed by atoms with Crippen molar-refractivity contribution >= 4 is 11.9 Å². The highest BCUT2D eigenvalue weighted by molar-refractivity contribution is 5.92. The van der Waals surface area contributed by atoms with Crippen molar-refractivity contribution in [2.24, 2.45) is 0 Å². The van der Waals surface area contributed by atoms with Gasteiger partial charge in [0.1, 0.15) is 0 Å². The van der Waals surface area contributed by atoms with E-state index in [1.807, 2.05) is 37.3 Å². The Morgan fingerprint density at radius 2 is 1.88 bits per heavy atom. The average Bonchev–Trinajstić information content (AvgIpc) is 3.12. The molecule has 0 saturated heterocycles. The third kappa shape index (κ3) is 4.29. The summed E-state index contributed by atoms with van der Waals surface area (Å²) in [6, 6.07) is 14.6. The molecule has 1 atom stereocenters. The van der Waals surface area contributed by atoms with Crippen LogP contribution in [0, 0.1) is 0 Å². The second kappa shape index (κ2) is 7.70. The van der Waals surface area contributed by atoms with Gasteiger partial charge in [0.25, 0.3) is 5.91 Å². The maximum atomic E-state index is 12.0. The smallest absolute Gasteiger partial charge is 0.338 e. The summed E-state index contributed by atoms with van der Waals surface area (Å²) in [4.78, 5) is 23.9. The summed E-state index contributed by atoms with van der Waals surface area (Å²) in [5, 5.41) is 2.77. The standard InChI is InChI=1S/C19H19NO5/c1-13(14-5-3-2-4-6-14)10-20-18(21)11-23-19(22)15-7-8-16-17(9-15)25-12-24-16/h2-9,13H,10-12H2,1H3,(H,20,21)/t13-/m0/s1. The lowest BCUT2D eigenvalue weighted by Crippen LogP contribution is -2.31. The monoisotopic (exact) mass is 341 g/mol. The van der Waals surface area contributed by atoms with Crippen LogP contribution >= 0.6 is 0 Å². The van der Waals surface area contributed by atoms with Crippen LogP contribution in [0.15, 0.2) is 48.5 Å². The first-order valence-electron chi connectivity index (χ1n) is 8.02. The first-order chi connectivity index (χ1) is 12.1. The van der Waals surface area contributed by atoms with E-state index in [1.54, 1.807) is 18.2 Å². The van der Waals surface area contributed by atoms with E-state index in [9.17, 15) is 9.59 Å². The zero-order valence-electron chi connectivity index (χ0n) is 13.9. The molecule has 0 saturated carbocycles. The molecule has 1 aliphatic rings. The molecule has 0 aromatic heterocycles. The number of esters is 1. The number of hydrogen-bond donors (Lipinski definition) is 1. The van der Waals surface area contributed by atoms with E-state index in [2.05, 4.69) is 5.32 Å². The first kappa shape index (κ1) is 16.8. The molecule has 1 N–H and O–H groups in total. The topological polar surface area (TPSA) is 73.9 Å². The van der Waals surface area contributed by atoms with Gasteiger partial charge >= 0.3 is 5.97 Å². The number of carbonyl (C=O) groups excluding carboxylic acids is 2. The van der Waals surface area contributed by atoms with E-state index in [0.717, 1.165) is 5.56 Å². The number of fused-ring (bicyclic) bond motifs is 1. The van der Waals surface area contributed by atoms with Crippen molar-refractivity contribution < 1.29 is 23.8 Å². The first-order valence-corrected chi connectivity index (χ1v) is 8.02. The zero-order chi connectivity index (χ0) is 17.6. The molecule has 0 spiro atoms. The van der Waals surface area contributed by atoms with Crippen LogP contribution in [0.1, 0.15) is 28.8 Å². The second-order valence-corrected chi connectivity index (χ2v) is 5.76. The molecular weight excluding hydrogens is 322 g/mol. The molecule has 130 valence electrons. The van der Waals surface area contributed by atoms with Crippen molar-refractivity contribution in [1.29, 1.82) is 0 Å². The van der Waals surface area contributed by atoms with E-state index in [4.69, 9.17) is 14.2 Å². The molecule has 0 aliphatic carbocycles. The third-order valence-electron chi connectivity index (χ3n) is 3.92. The molecule has 25 heavy (non-hydrogen) atoms. The molecule has 3 rings (SSSR count). The van der Waals surface area contributed by atoms with E-state index in [0.29, 0.717) is 23.6 Å². The maximum absolute atomic E-state index is 12.0. The third-order valence-corrected chi connectivity index (χ3v) is 3.92. The lowest BCUT2D eigenvalue weighted by Gasteiger charge is -2.13. The van der Waals surface area contributed by atoms with E-state index in [-0.39, 0.29) is 25.2 Å². The Morgan fingerprint density at radius 1 is 1.12 bits per heavy atom. The molecule has 0 unspecified atom stereocenters. The van der Waals surface area contributed by atoms with Gasteiger partial charge in [-0.1, -0.05) is 37.3 Å². The molecule has 1 heterocycles. The van der Waals surface area contributed by atoms with Crippen molar-refractivity contribution in [3.8, 4) is 11.5 Å². The van der Waals surface area contributed by atoms with Gasteiger partial charge in [-0.25, -0.2) is 4.79 Å². The van der Waals surface area contributed by atoms with Gasteiger partial charge in [-0.3, -0.25) is 4.79 Å². The summed E-state index contributed by atoms with van der Waals surface area (Å²) in [6.45, 7) is 2.31. The molecule has 6 heteroatoms. The van der Waals surface area contributed by atoms with Crippen LogP contribution in [0.3, 0.4) is 0 Å². The fourth-order valence-electron chi connectivity index (χ4n) is 2.46. The predicted octanol–water partition coefficient (Wildman–Crippen LogP) is 2.49. The summed E-state index contributed by atoms with van der Waals surface area (Å²) < 4.78 is 15.4. The quantitative estimate of drug-likeness (QED) is 0.817. The summed E-state index contributed by atoms with van der Waals surface area (Å²) in [6.07, 6.45) is 0. The van der Waals surface area contributed by atoms with Crippen LogP contribution < -0.4 is 14.8 Å². The second-order valence-electron chi connectivity index (χ2n) is 5.76. The van der Waals surface area contributed by atoms with Gasteiger partial charge in [0.2, 0.25) is 6.79 Å². The Hall–Kier alpha value is -3.02. The van der Waals surface area contributed by atoms with E-state index >= 15 is 0 Å². The summed E-state index contributed by atoms with van der Waals surface area (Å²) >= 11 is 0. The molecule has 2 aromatic rings. The Kier molecular flexibility index (Phi) is 5.18. The minimum Gasteiger partial charge on any atom is -0.454 e. The highest BCUT2D eigenvalue weighted by Gasteiger charge is 2.17. The molecular formula is C19H19NO5. The molecule has 0 radical (unpaired) electrons. The molecule has 1 aliphatic heterocycles. The van der Waals surface area contributed by atoms with Crippen LogP contribution in [-0.2, 0) is 9.53 Å². The van der Waals surface area contributed by atoms with Crippen molar-refractivity contribution in [3.05, 3.63) is 59.7 Å². The summed E-state index contributed by atoms with van der Waals surface area (Å²) in [7, 11) is 0. The van der Waals surface area contributed by atoms with Crippen molar-refractivity contribution in [1.82, 2.24) is 5.32 Å². The summed E-state index contributed by atoms with van der Waals surface area (Å²) in [5.41, 5.74) is 1.45. The van der Waals surface area contributed by atoms with Crippen molar-refractivity contribution in [2.75, 3.05) is 19.9 Å². The number of ether oxygens (including phenoxy) is 3. The van der Waals surface area contributed by atoms with Gasteiger partial charge in [0, 0.05) is 6.54 Å². The van der Waals surface area contributed by atoms with Gasteiger partial charge in [-0.15, -0.1) is 0 Å². The highest BCUT2D eigenvalue weighted by atomic mass is 16.7. The number of benzene rings is 2. The number of nitrogens with one attached hydrogen (secondary N) is 1. The fraction of sp³-hybridized carbons (Fsp3) is 0.263. The van der Waals surface area contributed by atoms with Gasteiger partial charge in [0.15, 0.2) is 18.1 Å². The lowest BCUT2D eigenvalue weighted by atomic mass is 10.0. The minimum atomic E-state index is -0.579. The highest BCUT2D eigenvalue weighted by Crippen LogP contribution is 2.32. The van der Waals surface area contributed by atoms with Crippen LogP contribution in [0.2, 0.25) is 0 Å². The molecule has 6 nitrogen and oxygen atoms in total. The van der Waals surface area contributed by atoms with Gasteiger partial charge in [-0.05, 0) is 29.7 Å². The van der Waals surface area contributed by atoms with Crippen molar-refractivity contribution in [2.45, 2.75) is 12.8 Å². The van der Waals surface area contributed by atoms with Crippen LogP contribution in [0.25, 0.3) is 0 Å². The normalized spacial score (nSPS) is 13.2. The Bertz CT molecular complexity index is 760. The van der Waals surface area contributed by atoms with Gasteiger partial charge in [0.05, 0.1) is 5.56 Å². The SMILES string of the molecule is C[C@@H](CNC(=O)COC(=O)c1ccc2c(c1)OCO2)c1ccccc1. The Labute approximate surface area is 145 Å². The number of hydrogen-bond acceptors (Lipinski definition) is 5. The van der Waals surface area contributed by atoms with Crippen LogP contribution in [-0.4, -0.2) is 31.8 Å². The molecule has 1 amide bonds. The van der Waals surface area contributed by atoms with E-state index in [1.165, 1.54) is 0 Å². The summed E-state index contributed by atoms with van der Waals surface area (Å²) in [5.74, 6) is 0.343. The largest absolute Gasteiger partial charge is 0.454 e. The molecule has 0 fully saturated rings. The Balaban J connectivity index is 1.45. The van der Waals surface area contributed by atoms with Crippen LogP contribution in [0.5, 0.6) is 11.5 Å². The van der Waals surface area contributed by atoms with E-state index < -0.39 is 5.97 Å². The molecule has 0 bridgehead atoms. The Morgan fingerprint density at radius 3 is 2.68 bits per heavy atom. The lowest BCUT2D eigenvalue weighted by molar-refractivity contribution is -0.124. The zero-order valence-corrected chi connectivity index (χ0v) is 13.9. The minimum absolute atomic E-state index is 0.135. The van der Waals surface area contributed by atoms with Crippen LogP contribution in [0.4, 0.5) is 0 Å². The van der Waals surface area contributed by atoms with Crippen molar-refractivity contribution in [3.63, 3.8) is 0 Å². The fourth-order valence-corrected chi connectivity index (χ4v) is 2.46. The molecule has 2 aromatic carbocycles.